The summed E-state index contributed by atoms with van der Waals surface area (Å²) in [6.45, 7) is 1.50. The van der Waals surface area contributed by atoms with E-state index in [4.69, 9.17) is 19.3 Å². The number of nitrogens with two attached hydrogens (primary N) is 1. The van der Waals surface area contributed by atoms with Crippen molar-refractivity contribution in [3.8, 4) is 11.3 Å². The van der Waals surface area contributed by atoms with Gasteiger partial charge in [-0.3, -0.25) is 22.6 Å². The largest absolute Gasteiger partial charge is 0.492 e. The van der Waals surface area contributed by atoms with Crippen molar-refractivity contribution in [2.75, 3.05) is 47.4 Å². The maximum Gasteiger partial charge on any atom is 0.492 e. The van der Waals surface area contributed by atoms with Crippen LogP contribution >= 0.6 is 23.5 Å². The Morgan fingerprint density at radius 3 is 2.12 bits per heavy atom. The monoisotopic (exact) mass is 545 g/mol. The highest BCUT2D eigenvalue weighted by Crippen LogP contribution is 2.72. The van der Waals surface area contributed by atoms with E-state index in [-0.39, 0.29) is 25.9 Å². The van der Waals surface area contributed by atoms with E-state index >= 15 is 0 Å². The van der Waals surface area contributed by atoms with Crippen molar-refractivity contribution in [1.29, 1.82) is 0 Å². The molecule has 0 bridgehead atoms. The molecule has 2 rings (SSSR count). The van der Waals surface area contributed by atoms with Crippen LogP contribution in [0.25, 0.3) is 11.3 Å². The second-order valence-corrected chi connectivity index (χ2v) is 11.8. The van der Waals surface area contributed by atoms with Gasteiger partial charge < -0.3 is 15.0 Å². The number of imidazole rings is 1. The van der Waals surface area contributed by atoms with E-state index in [2.05, 4.69) is 37.4 Å². The summed E-state index contributed by atoms with van der Waals surface area (Å²) >= 11 is 0. The minimum absolute atomic E-state index is 0.0684. The molecule has 0 radical (unpaired) electrons. The Morgan fingerprint density at radius 1 is 0.912 bits per heavy atom. The SMILES string of the molecule is COP(=O)(OC)OP(=O)(OC)OP(=O)(OC)OCCOCn1cnc(-c2cnc(N)nc2C)c1. The van der Waals surface area contributed by atoms with Crippen molar-refractivity contribution in [2.24, 2.45) is 0 Å². The predicted octanol–water partition coefficient (Wildman–Crippen LogP) is 3.16. The zero-order valence-corrected chi connectivity index (χ0v) is 21.7. The summed E-state index contributed by atoms with van der Waals surface area (Å²) in [5.41, 5.74) is 7.56. The van der Waals surface area contributed by atoms with Crippen molar-refractivity contribution in [2.45, 2.75) is 13.7 Å². The minimum atomic E-state index is -4.73. The van der Waals surface area contributed by atoms with Gasteiger partial charge in [-0.1, -0.05) is 0 Å². The number of hydrogen-bond donors (Lipinski definition) is 1. The van der Waals surface area contributed by atoms with E-state index < -0.39 is 23.5 Å². The number of phosphoric ester groups is 2. The molecule has 0 aliphatic heterocycles. The number of ether oxygens (including phenoxy) is 1. The molecule has 2 N–H and O–H groups in total. The van der Waals surface area contributed by atoms with Crippen LogP contribution in [0.2, 0.25) is 0 Å². The third-order valence-electron chi connectivity index (χ3n) is 3.92. The first kappa shape index (κ1) is 28.7. The first-order valence-corrected chi connectivity index (χ1v) is 13.7. The highest BCUT2D eigenvalue weighted by molar-refractivity contribution is 7.67. The lowest BCUT2D eigenvalue weighted by Gasteiger charge is -2.22. The molecule has 0 aromatic carbocycles. The molecule has 2 aromatic rings. The van der Waals surface area contributed by atoms with Crippen molar-refractivity contribution in [3.63, 3.8) is 0 Å². The topological polar surface area (TPSA) is 195 Å². The number of phosphoric acid groups is 3. The van der Waals surface area contributed by atoms with Gasteiger partial charge in [0.25, 0.3) is 0 Å². The molecule has 0 fully saturated rings. The number of anilines is 1. The second-order valence-electron chi connectivity index (χ2n) is 6.11. The summed E-state index contributed by atoms with van der Waals surface area (Å²) in [5.74, 6) is 0.168. The summed E-state index contributed by atoms with van der Waals surface area (Å²) in [5, 5.41) is 0. The number of aromatic nitrogens is 4. The van der Waals surface area contributed by atoms with Gasteiger partial charge >= 0.3 is 23.5 Å². The highest BCUT2D eigenvalue weighted by atomic mass is 31.3. The van der Waals surface area contributed by atoms with E-state index in [0.29, 0.717) is 17.0 Å². The number of nitrogen functional groups attached to an aromatic ring is 1. The normalized spacial score (nSPS) is 15.7. The standard InChI is InChI=1S/C15H26N5O11P3/c1-12-13(8-17-15(16)19-12)14-9-20(10-18-14)11-28-6-7-29-33(22,26-4)31-34(23,27-5)30-32(21,24-2)25-3/h8-10H,6-7,11H2,1-5H3,(H2,16,17,19). The molecule has 2 heterocycles. The van der Waals surface area contributed by atoms with Crippen LogP contribution in [-0.4, -0.2) is 61.2 Å². The van der Waals surface area contributed by atoms with Gasteiger partial charge in [0.2, 0.25) is 5.95 Å². The molecule has 34 heavy (non-hydrogen) atoms. The van der Waals surface area contributed by atoms with Crippen LogP contribution in [-0.2, 0) is 56.4 Å². The molecule has 16 nitrogen and oxygen atoms in total. The van der Waals surface area contributed by atoms with Gasteiger partial charge in [0.05, 0.1) is 30.9 Å². The van der Waals surface area contributed by atoms with Gasteiger partial charge in [-0.05, 0) is 6.92 Å². The molecule has 0 amide bonds. The molecule has 0 aliphatic carbocycles. The summed E-state index contributed by atoms with van der Waals surface area (Å²) in [6.07, 6.45) is 4.81. The van der Waals surface area contributed by atoms with E-state index in [9.17, 15) is 13.7 Å². The molecule has 2 atom stereocenters. The quantitative estimate of drug-likeness (QED) is 0.253. The fraction of sp³-hybridized carbons (Fsp3) is 0.533. The van der Waals surface area contributed by atoms with Gasteiger partial charge in [0.15, 0.2) is 0 Å². The lowest BCUT2D eigenvalue weighted by molar-refractivity contribution is 0.0431. The minimum Gasteiger partial charge on any atom is -0.368 e. The third-order valence-corrected chi connectivity index (χ3v) is 9.41. The van der Waals surface area contributed by atoms with Crippen LogP contribution in [0.5, 0.6) is 0 Å². The number of nitrogens with zero attached hydrogens (tertiary/aromatic N) is 4. The molecule has 192 valence electrons. The maximum atomic E-state index is 12.6. The summed E-state index contributed by atoms with van der Waals surface area (Å²) < 4.78 is 76.9. The molecule has 2 aromatic heterocycles. The second kappa shape index (κ2) is 12.4. The summed E-state index contributed by atoms with van der Waals surface area (Å²) in [7, 11) is -9.68. The van der Waals surface area contributed by atoms with Gasteiger partial charge in [-0.15, -0.1) is 0 Å². The van der Waals surface area contributed by atoms with Crippen molar-refractivity contribution in [1.82, 2.24) is 19.5 Å². The zero-order chi connectivity index (χ0) is 25.4. The Balaban J connectivity index is 1.88. The average Bonchev–Trinajstić information content (AvgIpc) is 3.27. The van der Waals surface area contributed by atoms with Gasteiger partial charge in [-0.2, -0.15) is 8.62 Å². The molecular formula is C15H26N5O11P3. The van der Waals surface area contributed by atoms with Crippen LogP contribution in [0.15, 0.2) is 18.7 Å². The first-order valence-electron chi connectivity index (χ1n) is 9.30. The number of aryl methyl sites for hydroxylation is 1. The Kier molecular flexibility index (Phi) is 10.5. The van der Waals surface area contributed by atoms with Gasteiger partial charge in [0.1, 0.15) is 6.73 Å². The first-order chi connectivity index (χ1) is 16.0. The van der Waals surface area contributed by atoms with Crippen LogP contribution in [0.3, 0.4) is 0 Å². The van der Waals surface area contributed by atoms with Crippen LogP contribution in [0.1, 0.15) is 5.69 Å². The molecule has 0 saturated heterocycles. The fourth-order valence-electron chi connectivity index (χ4n) is 2.26. The Labute approximate surface area is 195 Å². The van der Waals surface area contributed by atoms with Crippen molar-refractivity contribution < 1.29 is 49.7 Å². The molecular weight excluding hydrogens is 519 g/mol. The third kappa shape index (κ3) is 8.01. The van der Waals surface area contributed by atoms with E-state index in [1.807, 2.05) is 0 Å². The van der Waals surface area contributed by atoms with Crippen molar-refractivity contribution in [3.05, 3.63) is 24.4 Å². The van der Waals surface area contributed by atoms with E-state index in [0.717, 1.165) is 28.4 Å². The van der Waals surface area contributed by atoms with E-state index in [1.165, 1.54) is 6.33 Å². The van der Waals surface area contributed by atoms with Gasteiger partial charge in [0, 0.05) is 46.4 Å². The summed E-state index contributed by atoms with van der Waals surface area (Å²) in [6, 6.07) is 0. The number of rotatable bonds is 15. The predicted molar refractivity (Wildman–Crippen MR) is 117 cm³/mol. The lowest BCUT2D eigenvalue weighted by Crippen LogP contribution is -2.08. The summed E-state index contributed by atoms with van der Waals surface area (Å²) in [4.78, 5) is 12.3. The highest BCUT2D eigenvalue weighted by Gasteiger charge is 2.45. The number of hydrogen-bond acceptors (Lipinski definition) is 15. The van der Waals surface area contributed by atoms with Crippen LogP contribution in [0.4, 0.5) is 5.95 Å². The van der Waals surface area contributed by atoms with Crippen molar-refractivity contribution >= 4 is 29.4 Å². The molecule has 0 spiro atoms. The smallest absolute Gasteiger partial charge is 0.368 e. The van der Waals surface area contributed by atoms with E-state index in [1.54, 1.807) is 23.9 Å². The van der Waals surface area contributed by atoms with Gasteiger partial charge in [-0.25, -0.2) is 28.6 Å². The Bertz CT molecular complexity index is 1090. The molecule has 0 saturated carbocycles. The lowest BCUT2D eigenvalue weighted by atomic mass is 10.2. The zero-order valence-electron chi connectivity index (χ0n) is 19.1. The van der Waals surface area contributed by atoms with Crippen LogP contribution < -0.4 is 5.73 Å². The molecule has 19 heteroatoms. The maximum absolute atomic E-state index is 12.6. The molecule has 2 unspecified atom stereocenters. The fourth-order valence-corrected chi connectivity index (χ4v) is 6.68. The van der Waals surface area contributed by atoms with Crippen LogP contribution in [0, 0.1) is 6.92 Å². The Morgan fingerprint density at radius 2 is 1.53 bits per heavy atom. The average molecular weight is 545 g/mol. The molecule has 0 aliphatic rings. The Hall–Kier alpha value is -1.54.